The van der Waals surface area contributed by atoms with Gasteiger partial charge in [-0.15, -0.1) is 0 Å². The van der Waals surface area contributed by atoms with Gasteiger partial charge in [0.05, 0.1) is 12.0 Å². The van der Waals surface area contributed by atoms with Crippen LogP contribution in [0.25, 0.3) is 21.9 Å². The number of hydrogen-bond donors (Lipinski definition) is 3. The lowest BCUT2D eigenvalue weighted by atomic mass is 10.0. The van der Waals surface area contributed by atoms with E-state index >= 15 is 0 Å². The van der Waals surface area contributed by atoms with E-state index in [4.69, 9.17) is 4.42 Å². The van der Waals surface area contributed by atoms with E-state index in [0.29, 0.717) is 5.56 Å². The fourth-order valence-electron chi connectivity index (χ4n) is 2.40. The number of phenols is 2. The van der Waals surface area contributed by atoms with E-state index < -0.39 is 12.0 Å². The van der Waals surface area contributed by atoms with Gasteiger partial charge in [0.15, 0.2) is 0 Å². The van der Waals surface area contributed by atoms with Crippen LogP contribution in [0.4, 0.5) is 0 Å². The molecule has 102 valence electrons. The summed E-state index contributed by atoms with van der Waals surface area (Å²) < 4.78 is 5.60. The molecule has 5 heteroatoms. The van der Waals surface area contributed by atoms with Gasteiger partial charge >= 0.3 is 0 Å². The van der Waals surface area contributed by atoms with Crippen LogP contribution in [0.2, 0.25) is 0 Å². The van der Waals surface area contributed by atoms with E-state index in [1.54, 1.807) is 19.1 Å². The maximum absolute atomic E-state index is 12.5. The molecule has 0 fully saturated rings. The van der Waals surface area contributed by atoms with Gasteiger partial charge in [-0.25, -0.2) is 0 Å². The lowest BCUT2D eigenvalue weighted by Crippen LogP contribution is -2.06. The largest absolute Gasteiger partial charge is 0.507 e. The van der Waals surface area contributed by atoms with E-state index in [2.05, 4.69) is 0 Å². The van der Waals surface area contributed by atoms with Crippen molar-refractivity contribution in [1.82, 2.24) is 0 Å². The van der Waals surface area contributed by atoms with Gasteiger partial charge in [-0.05, 0) is 30.7 Å². The van der Waals surface area contributed by atoms with Crippen molar-refractivity contribution in [3.05, 3.63) is 45.6 Å². The summed E-state index contributed by atoms with van der Waals surface area (Å²) >= 11 is 0. The average molecular weight is 272 g/mol. The van der Waals surface area contributed by atoms with Crippen LogP contribution in [-0.4, -0.2) is 15.3 Å². The first kappa shape index (κ1) is 12.5. The summed E-state index contributed by atoms with van der Waals surface area (Å²) in [6, 6.07) is 6.08. The minimum absolute atomic E-state index is 0.0398. The van der Waals surface area contributed by atoms with Crippen LogP contribution in [-0.2, 0) is 6.61 Å². The minimum atomic E-state index is -0.492. The summed E-state index contributed by atoms with van der Waals surface area (Å²) in [4.78, 5) is 12.5. The Morgan fingerprint density at radius 2 is 1.90 bits per heavy atom. The second kappa shape index (κ2) is 4.25. The Balaban J connectivity index is 2.65. The summed E-state index contributed by atoms with van der Waals surface area (Å²) in [5.74, 6) is -0.329. The number of aliphatic hydroxyl groups is 1. The molecule has 0 radical (unpaired) electrons. The van der Waals surface area contributed by atoms with Gasteiger partial charge in [0.2, 0.25) is 5.43 Å². The number of rotatable bonds is 1. The molecule has 0 aliphatic rings. The van der Waals surface area contributed by atoms with Crippen molar-refractivity contribution in [2.75, 3.05) is 0 Å². The Bertz CT molecular complexity index is 892. The lowest BCUT2D eigenvalue weighted by molar-refractivity contribution is 0.277. The second-order valence-corrected chi connectivity index (χ2v) is 4.63. The molecule has 0 bridgehead atoms. The second-order valence-electron chi connectivity index (χ2n) is 4.63. The summed E-state index contributed by atoms with van der Waals surface area (Å²) in [5, 5.41) is 29.3. The maximum Gasteiger partial charge on any atom is 0.204 e. The van der Waals surface area contributed by atoms with Crippen LogP contribution < -0.4 is 5.43 Å². The fraction of sp³-hybridized carbons (Fsp3) is 0.133. The highest BCUT2D eigenvalue weighted by Crippen LogP contribution is 2.32. The first-order valence-corrected chi connectivity index (χ1v) is 6.05. The highest BCUT2D eigenvalue weighted by atomic mass is 16.3. The van der Waals surface area contributed by atoms with Crippen molar-refractivity contribution in [3.63, 3.8) is 0 Å². The third-order valence-corrected chi connectivity index (χ3v) is 3.39. The number of aliphatic hydroxyl groups excluding tert-OH is 1. The van der Waals surface area contributed by atoms with Crippen LogP contribution in [0.3, 0.4) is 0 Å². The van der Waals surface area contributed by atoms with Gasteiger partial charge in [0, 0.05) is 5.56 Å². The van der Waals surface area contributed by atoms with Crippen LogP contribution in [0.1, 0.15) is 11.1 Å². The van der Waals surface area contributed by atoms with E-state index in [1.807, 2.05) is 0 Å². The predicted octanol–water partition coefficient (Wildman–Crippen LogP) is 2.16. The molecule has 0 aliphatic carbocycles. The van der Waals surface area contributed by atoms with Gasteiger partial charge in [-0.3, -0.25) is 4.79 Å². The van der Waals surface area contributed by atoms with Gasteiger partial charge in [0.1, 0.15) is 28.1 Å². The van der Waals surface area contributed by atoms with Crippen LogP contribution in [0, 0.1) is 6.92 Å². The third kappa shape index (κ3) is 1.57. The zero-order valence-corrected chi connectivity index (χ0v) is 10.7. The quantitative estimate of drug-likeness (QED) is 0.590. The van der Waals surface area contributed by atoms with Gasteiger partial charge < -0.3 is 19.7 Å². The minimum Gasteiger partial charge on any atom is -0.507 e. The maximum atomic E-state index is 12.5. The van der Waals surface area contributed by atoms with Gasteiger partial charge in [0.25, 0.3) is 0 Å². The van der Waals surface area contributed by atoms with E-state index in [1.165, 1.54) is 12.1 Å². The molecule has 0 unspecified atom stereocenters. The first-order chi connectivity index (χ1) is 9.54. The van der Waals surface area contributed by atoms with Crippen molar-refractivity contribution in [2.24, 2.45) is 0 Å². The standard InChI is InChI=1S/C15H12O5/c1-7-5-11-12(8(6-16)14(7)18)15(19)13-9(17)3-2-4-10(13)20-11/h2-5,16-18H,6H2,1H3. The molecule has 0 saturated carbocycles. The molecule has 0 atom stereocenters. The van der Waals surface area contributed by atoms with Crippen molar-refractivity contribution in [1.29, 1.82) is 0 Å². The molecule has 0 aliphatic heterocycles. The molecule has 20 heavy (non-hydrogen) atoms. The summed E-state index contributed by atoms with van der Waals surface area (Å²) in [6.07, 6.45) is 0. The van der Waals surface area contributed by atoms with E-state index in [-0.39, 0.29) is 39.0 Å². The Kier molecular flexibility index (Phi) is 2.65. The molecule has 0 amide bonds. The zero-order chi connectivity index (χ0) is 14.4. The lowest BCUT2D eigenvalue weighted by Gasteiger charge is -2.10. The highest BCUT2D eigenvalue weighted by molar-refractivity contribution is 5.95. The molecule has 3 N–H and O–H groups in total. The summed E-state index contributed by atoms with van der Waals surface area (Å²) in [5.41, 5.74) is 0.672. The zero-order valence-electron chi connectivity index (χ0n) is 10.7. The Labute approximate surface area is 113 Å². The fourth-order valence-corrected chi connectivity index (χ4v) is 2.40. The molecule has 0 saturated heterocycles. The summed E-state index contributed by atoms with van der Waals surface area (Å²) in [7, 11) is 0. The molecular weight excluding hydrogens is 260 g/mol. The topological polar surface area (TPSA) is 90.9 Å². The number of phenolic OH excluding ortho intramolecular Hbond substituents is 1. The Morgan fingerprint density at radius 1 is 1.15 bits per heavy atom. The molecule has 3 rings (SSSR count). The summed E-state index contributed by atoms with van der Waals surface area (Å²) in [6.45, 7) is 1.16. The SMILES string of the molecule is Cc1cc2oc3cccc(O)c3c(=O)c2c(CO)c1O. The van der Waals surface area contributed by atoms with Crippen molar-refractivity contribution >= 4 is 21.9 Å². The third-order valence-electron chi connectivity index (χ3n) is 3.39. The van der Waals surface area contributed by atoms with Crippen molar-refractivity contribution < 1.29 is 19.7 Å². The number of benzene rings is 2. The van der Waals surface area contributed by atoms with Crippen LogP contribution in [0.5, 0.6) is 11.5 Å². The monoisotopic (exact) mass is 272 g/mol. The van der Waals surface area contributed by atoms with Crippen LogP contribution in [0.15, 0.2) is 33.5 Å². The molecule has 2 aromatic carbocycles. The van der Waals surface area contributed by atoms with Gasteiger partial charge in [-0.1, -0.05) is 6.07 Å². The normalized spacial score (nSPS) is 11.3. The number of aryl methyl sites for hydroxylation is 1. The average Bonchev–Trinajstić information content (AvgIpc) is 2.41. The molecule has 0 spiro atoms. The number of hydrogen-bond acceptors (Lipinski definition) is 5. The predicted molar refractivity (Wildman–Crippen MR) is 74.0 cm³/mol. The van der Waals surface area contributed by atoms with E-state index in [0.717, 1.165) is 0 Å². The van der Waals surface area contributed by atoms with E-state index in [9.17, 15) is 20.1 Å². The number of fused-ring (bicyclic) bond motifs is 2. The Morgan fingerprint density at radius 3 is 2.60 bits per heavy atom. The van der Waals surface area contributed by atoms with Crippen molar-refractivity contribution in [2.45, 2.75) is 13.5 Å². The molecule has 1 aromatic heterocycles. The molecule has 1 heterocycles. The first-order valence-electron chi connectivity index (χ1n) is 6.05. The van der Waals surface area contributed by atoms with Crippen LogP contribution >= 0.6 is 0 Å². The molecule has 3 aromatic rings. The number of aromatic hydroxyl groups is 2. The van der Waals surface area contributed by atoms with Gasteiger partial charge in [-0.2, -0.15) is 0 Å². The van der Waals surface area contributed by atoms with Crippen molar-refractivity contribution in [3.8, 4) is 11.5 Å². The molecule has 5 nitrogen and oxygen atoms in total. The smallest absolute Gasteiger partial charge is 0.204 e. The molecular formula is C15H12O5. The highest BCUT2D eigenvalue weighted by Gasteiger charge is 2.18. The Hall–Kier alpha value is -2.53.